The third-order valence-electron chi connectivity index (χ3n) is 3.72. The number of nitrogens with zero attached hydrogens (tertiary/aromatic N) is 1. The van der Waals surface area contributed by atoms with Gasteiger partial charge in [0, 0.05) is 11.9 Å². The molecule has 0 spiro atoms. The highest BCUT2D eigenvalue weighted by Gasteiger charge is 2.32. The number of aromatic nitrogens is 2. The van der Waals surface area contributed by atoms with Gasteiger partial charge in [0.15, 0.2) is 0 Å². The predicted octanol–water partition coefficient (Wildman–Crippen LogP) is 3.24. The van der Waals surface area contributed by atoms with E-state index in [9.17, 15) is 18.3 Å². The fourth-order valence-corrected chi connectivity index (χ4v) is 2.60. The van der Waals surface area contributed by atoms with Crippen molar-refractivity contribution in [3.05, 3.63) is 53.7 Å². The molecule has 3 aromatic rings. The van der Waals surface area contributed by atoms with Crippen molar-refractivity contribution in [2.45, 2.75) is 12.3 Å². The van der Waals surface area contributed by atoms with Gasteiger partial charge in [-0.1, -0.05) is 24.3 Å². The maximum atomic E-state index is 13.1. The normalized spacial score (nSPS) is 13.4. The van der Waals surface area contributed by atoms with E-state index in [1.165, 1.54) is 6.20 Å². The molecular weight excluding hydrogens is 307 g/mol. The topological polar surface area (TPSA) is 74.9 Å². The lowest BCUT2D eigenvalue weighted by Crippen LogP contribution is -2.12. The van der Waals surface area contributed by atoms with Gasteiger partial charge in [0.1, 0.15) is 0 Å². The van der Waals surface area contributed by atoms with Gasteiger partial charge >= 0.3 is 6.18 Å². The Morgan fingerprint density at radius 2 is 1.91 bits per heavy atom. The molecule has 0 radical (unpaired) electrons. The standard InChI is InChI=1S/C16H14F3N3O/c17-16(18,19)9-5-12(13-8-21-22-14(13)6-9)10-3-1-2-4-11(10)15(23)7-20/h1-6,8,15,23H,7,20H2,(H,21,22). The quantitative estimate of drug-likeness (QED) is 0.693. The average molecular weight is 321 g/mol. The van der Waals surface area contributed by atoms with Crippen molar-refractivity contribution in [2.75, 3.05) is 6.54 Å². The van der Waals surface area contributed by atoms with Gasteiger partial charge in [-0.05, 0) is 28.8 Å². The number of aliphatic hydroxyl groups is 1. The molecule has 0 bridgehead atoms. The van der Waals surface area contributed by atoms with Crippen molar-refractivity contribution in [1.82, 2.24) is 10.2 Å². The first-order valence-corrected chi connectivity index (χ1v) is 6.93. The monoisotopic (exact) mass is 321 g/mol. The molecule has 0 aliphatic heterocycles. The Balaban J connectivity index is 2.30. The van der Waals surface area contributed by atoms with Crippen LogP contribution in [-0.4, -0.2) is 21.8 Å². The van der Waals surface area contributed by atoms with Crippen LogP contribution < -0.4 is 5.73 Å². The zero-order valence-electron chi connectivity index (χ0n) is 11.9. The Morgan fingerprint density at radius 1 is 1.17 bits per heavy atom. The second kappa shape index (κ2) is 5.68. The molecule has 0 aliphatic carbocycles. The molecule has 0 aliphatic rings. The Kier molecular flexibility index (Phi) is 3.83. The van der Waals surface area contributed by atoms with Crippen molar-refractivity contribution in [3.63, 3.8) is 0 Å². The summed E-state index contributed by atoms with van der Waals surface area (Å²) in [7, 11) is 0. The van der Waals surface area contributed by atoms with Crippen LogP contribution in [0.1, 0.15) is 17.2 Å². The van der Waals surface area contributed by atoms with Crippen LogP contribution in [-0.2, 0) is 6.18 Å². The number of hydrogen-bond acceptors (Lipinski definition) is 3. The second-order valence-electron chi connectivity index (χ2n) is 5.19. The SMILES string of the molecule is NCC(O)c1ccccc1-c1cc(C(F)(F)F)cc2[nH]ncc12. The average Bonchev–Trinajstić information content (AvgIpc) is 3.01. The van der Waals surface area contributed by atoms with Gasteiger partial charge in [0.05, 0.1) is 23.4 Å². The van der Waals surface area contributed by atoms with Gasteiger partial charge in [0.25, 0.3) is 0 Å². The van der Waals surface area contributed by atoms with E-state index in [0.29, 0.717) is 22.1 Å². The van der Waals surface area contributed by atoms with Gasteiger partial charge in [-0.25, -0.2) is 0 Å². The number of nitrogens with two attached hydrogens (primary N) is 1. The first-order valence-electron chi connectivity index (χ1n) is 6.93. The Hall–Kier alpha value is -2.38. The number of hydrogen-bond donors (Lipinski definition) is 3. The molecule has 1 aromatic heterocycles. The summed E-state index contributed by atoms with van der Waals surface area (Å²) in [6.45, 7) is -0.0233. The summed E-state index contributed by atoms with van der Waals surface area (Å²) >= 11 is 0. The molecule has 3 rings (SSSR count). The smallest absolute Gasteiger partial charge is 0.387 e. The number of fused-ring (bicyclic) bond motifs is 1. The third-order valence-corrected chi connectivity index (χ3v) is 3.72. The Bertz CT molecular complexity index is 842. The van der Waals surface area contributed by atoms with Crippen LogP contribution in [0.3, 0.4) is 0 Å². The summed E-state index contributed by atoms with van der Waals surface area (Å²) < 4.78 is 39.4. The van der Waals surface area contributed by atoms with E-state index in [1.54, 1.807) is 24.3 Å². The minimum absolute atomic E-state index is 0.0233. The lowest BCUT2D eigenvalue weighted by Gasteiger charge is -2.16. The lowest BCUT2D eigenvalue weighted by molar-refractivity contribution is -0.137. The molecule has 1 unspecified atom stereocenters. The number of aromatic amines is 1. The van der Waals surface area contributed by atoms with Crippen molar-refractivity contribution in [2.24, 2.45) is 5.73 Å². The molecule has 23 heavy (non-hydrogen) atoms. The first-order chi connectivity index (χ1) is 10.9. The van der Waals surface area contributed by atoms with Crippen LogP contribution in [0.15, 0.2) is 42.6 Å². The molecule has 2 aromatic carbocycles. The summed E-state index contributed by atoms with van der Waals surface area (Å²) in [6.07, 6.45) is -3.96. The van der Waals surface area contributed by atoms with E-state index < -0.39 is 17.8 Å². The van der Waals surface area contributed by atoms with E-state index >= 15 is 0 Å². The van der Waals surface area contributed by atoms with Gasteiger partial charge in [0.2, 0.25) is 0 Å². The largest absolute Gasteiger partial charge is 0.416 e. The van der Waals surface area contributed by atoms with Crippen molar-refractivity contribution >= 4 is 10.9 Å². The van der Waals surface area contributed by atoms with Gasteiger partial charge in [-0.3, -0.25) is 5.10 Å². The van der Waals surface area contributed by atoms with Crippen LogP contribution in [0.4, 0.5) is 13.2 Å². The van der Waals surface area contributed by atoms with Crippen LogP contribution in [0, 0.1) is 0 Å². The highest BCUT2D eigenvalue weighted by molar-refractivity contribution is 5.96. The summed E-state index contributed by atoms with van der Waals surface area (Å²) in [5, 5.41) is 17.0. The van der Waals surface area contributed by atoms with Crippen LogP contribution in [0.5, 0.6) is 0 Å². The maximum absolute atomic E-state index is 13.1. The third kappa shape index (κ3) is 2.80. The molecule has 4 nitrogen and oxygen atoms in total. The number of benzene rings is 2. The van der Waals surface area contributed by atoms with Crippen molar-refractivity contribution in [3.8, 4) is 11.1 Å². The number of H-pyrrole nitrogens is 1. The summed E-state index contributed by atoms with van der Waals surface area (Å²) in [5.74, 6) is 0. The first kappa shape index (κ1) is 15.5. The van der Waals surface area contributed by atoms with E-state index in [4.69, 9.17) is 5.73 Å². The number of aliphatic hydroxyl groups excluding tert-OH is 1. The molecular formula is C16H14F3N3O. The summed E-state index contributed by atoms with van der Waals surface area (Å²) in [4.78, 5) is 0. The molecule has 120 valence electrons. The molecule has 0 amide bonds. The number of nitrogens with one attached hydrogen (secondary N) is 1. The maximum Gasteiger partial charge on any atom is 0.416 e. The van der Waals surface area contributed by atoms with E-state index in [2.05, 4.69) is 10.2 Å². The van der Waals surface area contributed by atoms with Gasteiger partial charge < -0.3 is 10.8 Å². The molecule has 7 heteroatoms. The Morgan fingerprint density at radius 3 is 2.61 bits per heavy atom. The van der Waals surface area contributed by atoms with Crippen molar-refractivity contribution < 1.29 is 18.3 Å². The molecule has 0 fully saturated rings. The highest BCUT2D eigenvalue weighted by Crippen LogP contribution is 2.38. The number of rotatable bonds is 3. The highest BCUT2D eigenvalue weighted by atomic mass is 19.4. The number of alkyl halides is 3. The molecule has 1 heterocycles. The second-order valence-corrected chi connectivity index (χ2v) is 5.19. The van der Waals surface area contributed by atoms with E-state index in [-0.39, 0.29) is 12.1 Å². The van der Waals surface area contributed by atoms with Crippen molar-refractivity contribution in [1.29, 1.82) is 0 Å². The molecule has 1 atom stereocenters. The minimum Gasteiger partial charge on any atom is -0.387 e. The minimum atomic E-state index is -4.48. The molecule has 0 saturated carbocycles. The van der Waals surface area contributed by atoms with Crippen LogP contribution in [0.25, 0.3) is 22.0 Å². The Labute approximate surface area is 129 Å². The zero-order chi connectivity index (χ0) is 16.6. The van der Waals surface area contributed by atoms with E-state index in [0.717, 1.165) is 12.1 Å². The predicted molar refractivity (Wildman–Crippen MR) is 80.5 cm³/mol. The zero-order valence-corrected chi connectivity index (χ0v) is 11.9. The number of halogens is 3. The van der Waals surface area contributed by atoms with Crippen LogP contribution in [0.2, 0.25) is 0 Å². The molecule has 4 N–H and O–H groups in total. The van der Waals surface area contributed by atoms with Gasteiger partial charge in [-0.15, -0.1) is 0 Å². The fraction of sp³-hybridized carbons (Fsp3) is 0.188. The van der Waals surface area contributed by atoms with E-state index in [1.807, 2.05) is 0 Å². The lowest BCUT2D eigenvalue weighted by atomic mass is 9.92. The summed E-state index contributed by atoms with van der Waals surface area (Å²) in [5.41, 5.74) is 6.34. The van der Waals surface area contributed by atoms with Gasteiger partial charge in [-0.2, -0.15) is 18.3 Å². The van der Waals surface area contributed by atoms with Crippen LogP contribution >= 0.6 is 0 Å². The fourth-order valence-electron chi connectivity index (χ4n) is 2.60. The summed E-state index contributed by atoms with van der Waals surface area (Å²) in [6, 6.07) is 8.81. The molecule has 0 saturated heterocycles.